The van der Waals surface area contributed by atoms with Gasteiger partial charge < -0.3 is 15.7 Å². The van der Waals surface area contributed by atoms with Gasteiger partial charge in [-0.25, -0.2) is 9.37 Å². The van der Waals surface area contributed by atoms with Crippen molar-refractivity contribution in [3.8, 4) is 0 Å². The summed E-state index contributed by atoms with van der Waals surface area (Å²) in [4.78, 5) is 32.8. The largest absolute Gasteiger partial charge is 0.393 e. The number of nitrogens with zero attached hydrogens (tertiary/aromatic N) is 1. The van der Waals surface area contributed by atoms with Crippen molar-refractivity contribution in [2.75, 3.05) is 5.32 Å². The van der Waals surface area contributed by atoms with Crippen LogP contribution in [0.25, 0.3) is 0 Å². The quantitative estimate of drug-likeness (QED) is 0.264. The highest BCUT2D eigenvalue weighted by molar-refractivity contribution is 14.1. The number of hydrogen-bond acceptors (Lipinski definition) is 5. The second-order valence-electron chi connectivity index (χ2n) is 12.8. The van der Waals surface area contributed by atoms with Crippen LogP contribution in [0.4, 0.5) is 10.1 Å². The van der Waals surface area contributed by atoms with Gasteiger partial charge in [0.05, 0.1) is 12.1 Å². The highest BCUT2D eigenvalue weighted by Gasteiger charge is 2.73. The number of fused-ring (bicyclic) bond motifs is 3. The number of hydrogen-bond donors (Lipinski definition) is 4. The van der Waals surface area contributed by atoms with Gasteiger partial charge in [0.1, 0.15) is 9.12 Å². The Hall–Kier alpha value is -1.82. The molecular weight excluding hydrogens is 646 g/mol. The second kappa shape index (κ2) is 10.2. The van der Waals surface area contributed by atoms with Gasteiger partial charge in [0.15, 0.2) is 5.82 Å². The van der Waals surface area contributed by atoms with Crippen LogP contribution in [0.1, 0.15) is 82.3 Å². The summed E-state index contributed by atoms with van der Waals surface area (Å²) in [6.45, 7) is 4.46. The van der Waals surface area contributed by atoms with Gasteiger partial charge in [0.25, 0.3) is 0 Å². The number of halogens is 3. The van der Waals surface area contributed by atoms with Crippen molar-refractivity contribution in [2.45, 2.75) is 100 Å². The van der Waals surface area contributed by atoms with Gasteiger partial charge in [0, 0.05) is 34.4 Å². The Morgan fingerprint density at radius 1 is 1.15 bits per heavy atom. The molecule has 0 radical (unpaired) electrons. The van der Waals surface area contributed by atoms with Crippen LogP contribution in [-0.4, -0.2) is 45.6 Å². The zero-order valence-corrected chi connectivity index (χ0v) is 25.6. The van der Waals surface area contributed by atoms with E-state index in [-0.39, 0.29) is 33.1 Å². The third-order valence-electron chi connectivity index (χ3n) is 9.99. The maximum Gasteiger partial charge on any atom is 0.238 e. The molecule has 1 saturated heterocycles. The molecule has 4 aliphatic rings. The van der Waals surface area contributed by atoms with E-state index >= 15 is 4.39 Å². The lowest BCUT2D eigenvalue weighted by molar-refractivity contribution is -0.125. The smallest absolute Gasteiger partial charge is 0.238 e. The Morgan fingerprint density at radius 3 is 2.55 bits per heavy atom. The summed E-state index contributed by atoms with van der Waals surface area (Å²) in [6.07, 6.45) is 6.86. The zero-order chi connectivity index (χ0) is 28.4. The minimum absolute atomic E-state index is 0.0814. The monoisotopic (exact) mass is 680 g/mol. The number of aromatic nitrogens is 1. The molecule has 40 heavy (non-hydrogen) atoms. The fraction of sp³-hybridized carbons (Fsp3) is 0.567. The topological polar surface area (TPSA) is 103 Å². The van der Waals surface area contributed by atoms with E-state index in [1.807, 2.05) is 28.7 Å². The first-order chi connectivity index (χ1) is 19.0. The number of carbonyl (C=O) groups is 2. The molecular formula is C30H35ClFIN4O3. The summed E-state index contributed by atoms with van der Waals surface area (Å²) in [6, 6.07) is 6.08. The minimum Gasteiger partial charge on any atom is -0.393 e. The first-order valence-electron chi connectivity index (χ1n) is 14.1. The summed E-state index contributed by atoms with van der Waals surface area (Å²) in [5.41, 5.74) is -0.253. The van der Waals surface area contributed by atoms with Crippen molar-refractivity contribution in [2.24, 2.45) is 5.41 Å². The number of benzene rings is 1. The first-order valence-corrected chi connectivity index (χ1v) is 15.6. The Kier molecular flexibility index (Phi) is 7.20. The SMILES string of the molecule is CC1(C)CCC2(CC1)N[C@@H](C(=O)N[C@H]1CC[C@H](O)CC1)[C@H](c1ccnc(I)c1F)[C@]21C(=O)Nc2cc(Cl)ccc21. The molecule has 7 nitrogen and oxygen atoms in total. The number of amides is 2. The molecule has 0 unspecified atom stereocenters. The molecule has 3 heterocycles. The zero-order valence-electron chi connectivity index (χ0n) is 22.7. The molecule has 2 aliphatic carbocycles. The predicted molar refractivity (Wildman–Crippen MR) is 160 cm³/mol. The van der Waals surface area contributed by atoms with E-state index in [1.54, 1.807) is 24.4 Å². The van der Waals surface area contributed by atoms with Crippen LogP contribution < -0.4 is 16.0 Å². The van der Waals surface area contributed by atoms with E-state index in [4.69, 9.17) is 11.6 Å². The molecule has 6 rings (SSSR count). The molecule has 4 N–H and O–H groups in total. The fourth-order valence-electron chi connectivity index (χ4n) is 7.84. The van der Waals surface area contributed by atoms with Gasteiger partial charge in [-0.2, -0.15) is 0 Å². The Balaban J connectivity index is 1.54. The van der Waals surface area contributed by atoms with Crippen LogP contribution >= 0.6 is 34.2 Å². The van der Waals surface area contributed by atoms with Crippen LogP contribution in [-0.2, 0) is 15.0 Å². The standard InChI is InChI=1S/C30H35ClFIN4O3/c1-28(2)10-12-29(13-11-28)30(20-8-3-16(31)15-21(20)36-27(30)40)22(19-9-14-34-25(33)23(19)32)24(37-29)26(39)35-17-4-6-18(38)7-5-17/h3,8-9,14-15,17-18,22,24,37-38H,4-7,10-13H2,1-2H3,(H,35,39)(H,36,40)/t17-,18-,22-,24+,30+/m0/s1. The Bertz CT molecular complexity index is 1350. The highest BCUT2D eigenvalue weighted by atomic mass is 127. The van der Waals surface area contributed by atoms with Crippen molar-refractivity contribution in [1.29, 1.82) is 0 Å². The van der Waals surface area contributed by atoms with Crippen LogP contribution in [0.15, 0.2) is 30.5 Å². The van der Waals surface area contributed by atoms with Crippen LogP contribution in [0, 0.1) is 14.9 Å². The van der Waals surface area contributed by atoms with E-state index in [0.717, 1.165) is 18.4 Å². The van der Waals surface area contributed by atoms with Gasteiger partial charge in [-0.1, -0.05) is 31.5 Å². The van der Waals surface area contributed by atoms with Crippen LogP contribution in [0.3, 0.4) is 0 Å². The molecule has 10 heteroatoms. The summed E-state index contributed by atoms with van der Waals surface area (Å²) in [7, 11) is 0. The molecule has 1 aromatic heterocycles. The number of nitrogens with one attached hydrogen (secondary N) is 3. The van der Waals surface area contributed by atoms with Crippen molar-refractivity contribution in [1.82, 2.24) is 15.6 Å². The summed E-state index contributed by atoms with van der Waals surface area (Å²) < 4.78 is 16.3. The Labute approximate surface area is 252 Å². The summed E-state index contributed by atoms with van der Waals surface area (Å²) in [5, 5.41) is 20.5. The van der Waals surface area contributed by atoms with Gasteiger partial charge in [0.2, 0.25) is 11.8 Å². The molecule has 2 aliphatic heterocycles. The normalized spacial score (nSPS) is 32.2. The van der Waals surface area contributed by atoms with Gasteiger partial charge >= 0.3 is 0 Å². The second-order valence-corrected chi connectivity index (χ2v) is 14.3. The number of rotatable bonds is 3. The van der Waals surface area contributed by atoms with E-state index in [2.05, 4.69) is 34.8 Å². The molecule has 2 aromatic rings. The van der Waals surface area contributed by atoms with E-state index in [0.29, 0.717) is 54.8 Å². The fourth-order valence-corrected chi connectivity index (χ4v) is 8.48. The molecule has 3 atom stereocenters. The molecule has 0 bridgehead atoms. The lowest BCUT2D eigenvalue weighted by Gasteiger charge is -2.50. The molecule has 214 valence electrons. The number of aliphatic hydroxyl groups is 1. The third-order valence-corrected chi connectivity index (χ3v) is 11.0. The third kappa shape index (κ3) is 4.37. The van der Waals surface area contributed by atoms with E-state index in [1.165, 1.54) is 0 Å². The molecule has 2 saturated carbocycles. The van der Waals surface area contributed by atoms with Crippen molar-refractivity contribution >= 4 is 51.7 Å². The Morgan fingerprint density at radius 2 is 1.85 bits per heavy atom. The number of anilines is 1. The predicted octanol–water partition coefficient (Wildman–Crippen LogP) is 5.18. The number of carbonyl (C=O) groups excluding carboxylic acids is 2. The summed E-state index contributed by atoms with van der Waals surface area (Å²) in [5.74, 6) is -1.80. The molecule has 3 fully saturated rings. The lowest BCUT2D eigenvalue weighted by Crippen LogP contribution is -2.61. The highest BCUT2D eigenvalue weighted by Crippen LogP contribution is 2.64. The first kappa shape index (κ1) is 28.3. The molecule has 2 spiro atoms. The lowest BCUT2D eigenvalue weighted by atomic mass is 9.53. The van der Waals surface area contributed by atoms with Gasteiger partial charge in [-0.15, -0.1) is 0 Å². The van der Waals surface area contributed by atoms with Crippen molar-refractivity contribution < 1.29 is 19.1 Å². The molecule has 2 amide bonds. The maximum absolute atomic E-state index is 16.1. The maximum atomic E-state index is 16.1. The summed E-state index contributed by atoms with van der Waals surface area (Å²) >= 11 is 8.23. The van der Waals surface area contributed by atoms with E-state index < -0.39 is 28.7 Å². The number of aliphatic hydroxyl groups excluding tert-OH is 1. The average Bonchev–Trinajstić information content (AvgIpc) is 3.37. The minimum atomic E-state index is -1.24. The number of pyridine rings is 1. The van der Waals surface area contributed by atoms with Crippen LogP contribution in [0.5, 0.6) is 0 Å². The molecule has 1 aromatic carbocycles. The van der Waals surface area contributed by atoms with Gasteiger partial charge in [-0.3, -0.25) is 14.9 Å². The van der Waals surface area contributed by atoms with E-state index in [9.17, 15) is 14.7 Å². The van der Waals surface area contributed by atoms with Gasteiger partial charge in [-0.05, 0) is 109 Å². The average molecular weight is 681 g/mol. The van der Waals surface area contributed by atoms with Crippen molar-refractivity contribution in [3.63, 3.8) is 0 Å². The van der Waals surface area contributed by atoms with Crippen molar-refractivity contribution in [3.05, 3.63) is 56.1 Å². The van der Waals surface area contributed by atoms with Crippen LogP contribution in [0.2, 0.25) is 5.02 Å².